The molecule has 0 spiro atoms. The molecule has 0 aromatic heterocycles. The molecule has 0 bridgehead atoms. The first-order valence-corrected chi connectivity index (χ1v) is 7.69. The summed E-state index contributed by atoms with van der Waals surface area (Å²) in [6, 6.07) is 5.99. The zero-order valence-electron chi connectivity index (χ0n) is 13.0. The highest BCUT2D eigenvalue weighted by molar-refractivity contribution is 5.93. The summed E-state index contributed by atoms with van der Waals surface area (Å²) in [6.07, 6.45) is 1.21. The Bertz CT molecular complexity index is 499. The van der Waals surface area contributed by atoms with E-state index in [1.54, 1.807) is 12.1 Å². The Morgan fingerprint density at radius 1 is 1.38 bits per heavy atom. The molecule has 2 rings (SSSR count). The summed E-state index contributed by atoms with van der Waals surface area (Å²) in [4.78, 5) is 16.1. The fraction of sp³-hybridized carbons (Fsp3) is 0.562. The van der Waals surface area contributed by atoms with Gasteiger partial charge in [0.15, 0.2) is 0 Å². The van der Waals surface area contributed by atoms with Gasteiger partial charge in [0.1, 0.15) is 0 Å². The van der Waals surface area contributed by atoms with Gasteiger partial charge in [0.25, 0.3) is 0 Å². The molecule has 4 N–H and O–H groups in total. The zero-order valence-corrected chi connectivity index (χ0v) is 13.0. The quantitative estimate of drug-likeness (QED) is 0.774. The molecule has 1 amide bonds. The first-order chi connectivity index (χ1) is 10.0. The largest absolute Gasteiger partial charge is 0.398 e. The van der Waals surface area contributed by atoms with Gasteiger partial charge in [-0.25, -0.2) is 0 Å². The highest BCUT2D eigenvalue weighted by Crippen LogP contribution is 2.21. The van der Waals surface area contributed by atoms with E-state index in [2.05, 4.69) is 23.6 Å². The van der Waals surface area contributed by atoms with E-state index in [0.717, 1.165) is 38.3 Å². The molecule has 1 atom stereocenters. The molecule has 1 aliphatic rings. The van der Waals surface area contributed by atoms with E-state index in [1.165, 1.54) is 6.42 Å². The van der Waals surface area contributed by atoms with Crippen molar-refractivity contribution in [3.8, 4) is 0 Å². The molecule has 1 heterocycles. The molecule has 1 aliphatic heterocycles. The number of rotatable bonds is 6. The summed E-state index contributed by atoms with van der Waals surface area (Å²) >= 11 is 0. The van der Waals surface area contributed by atoms with Gasteiger partial charge in [-0.05, 0) is 37.2 Å². The number of likely N-dealkylation sites (N-methyl/N-ethyl adjacent to an activating group) is 1. The van der Waals surface area contributed by atoms with E-state index < -0.39 is 5.91 Å². The highest BCUT2D eigenvalue weighted by atomic mass is 16.1. The fourth-order valence-corrected chi connectivity index (χ4v) is 3.13. The van der Waals surface area contributed by atoms with Crippen molar-refractivity contribution < 1.29 is 4.79 Å². The average Bonchev–Trinajstić information content (AvgIpc) is 2.91. The third kappa shape index (κ3) is 3.74. The molecule has 21 heavy (non-hydrogen) atoms. The third-order valence-corrected chi connectivity index (χ3v) is 4.40. The number of likely N-dealkylation sites (tertiary alicyclic amines) is 1. The van der Waals surface area contributed by atoms with Crippen LogP contribution in [0.2, 0.25) is 0 Å². The van der Waals surface area contributed by atoms with Crippen LogP contribution < -0.4 is 11.5 Å². The van der Waals surface area contributed by atoms with Crippen LogP contribution in [0.3, 0.4) is 0 Å². The van der Waals surface area contributed by atoms with Gasteiger partial charge in [-0.2, -0.15) is 0 Å². The highest BCUT2D eigenvalue weighted by Gasteiger charge is 2.26. The smallest absolute Gasteiger partial charge is 0.248 e. The predicted molar refractivity (Wildman–Crippen MR) is 86.0 cm³/mol. The van der Waals surface area contributed by atoms with E-state index in [4.69, 9.17) is 11.5 Å². The van der Waals surface area contributed by atoms with Gasteiger partial charge in [-0.1, -0.05) is 19.9 Å². The van der Waals surface area contributed by atoms with Gasteiger partial charge in [0, 0.05) is 36.9 Å². The summed E-state index contributed by atoms with van der Waals surface area (Å²) in [6.45, 7) is 9.65. The normalized spacial score (nSPS) is 19.3. The number of nitrogens with zero attached hydrogens (tertiary/aromatic N) is 2. The van der Waals surface area contributed by atoms with E-state index in [1.807, 2.05) is 6.07 Å². The van der Waals surface area contributed by atoms with Crippen LogP contribution >= 0.6 is 0 Å². The molecule has 5 heteroatoms. The van der Waals surface area contributed by atoms with Gasteiger partial charge in [0.05, 0.1) is 0 Å². The molecule has 1 aromatic rings. The van der Waals surface area contributed by atoms with Crippen LogP contribution in [0.15, 0.2) is 18.2 Å². The van der Waals surface area contributed by atoms with Crippen molar-refractivity contribution in [3.05, 3.63) is 29.3 Å². The van der Waals surface area contributed by atoms with Crippen molar-refractivity contribution in [2.75, 3.05) is 31.9 Å². The minimum absolute atomic E-state index is 0.434. The van der Waals surface area contributed by atoms with Crippen molar-refractivity contribution >= 4 is 11.6 Å². The molecule has 1 aromatic carbocycles. The number of nitrogens with two attached hydrogens (primary N) is 2. The number of hydrogen-bond donors (Lipinski definition) is 2. The number of benzene rings is 1. The lowest BCUT2D eigenvalue weighted by molar-refractivity contribution is 0.100. The third-order valence-electron chi connectivity index (χ3n) is 4.40. The van der Waals surface area contributed by atoms with Crippen molar-refractivity contribution in [1.82, 2.24) is 9.80 Å². The number of carbonyl (C=O) groups is 1. The minimum Gasteiger partial charge on any atom is -0.398 e. The van der Waals surface area contributed by atoms with Crippen molar-refractivity contribution in [2.24, 2.45) is 5.73 Å². The van der Waals surface area contributed by atoms with Crippen LogP contribution in [0.25, 0.3) is 0 Å². The van der Waals surface area contributed by atoms with Crippen LogP contribution in [-0.2, 0) is 6.54 Å². The molecule has 0 radical (unpaired) electrons. The molecule has 1 fully saturated rings. The second-order valence-corrected chi connectivity index (χ2v) is 5.68. The van der Waals surface area contributed by atoms with Gasteiger partial charge >= 0.3 is 0 Å². The van der Waals surface area contributed by atoms with E-state index in [0.29, 0.717) is 17.3 Å². The lowest BCUT2D eigenvalue weighted by Gasteiger charge is -2.26. The first-order valence-electron chi connectivity index (χ1n) is 7.69. The summed E-state index contributed by atoms with van der Waals surface area (Å²) in [5.41, 5.74) is 13.5. The summed E-state index contributed by atoms with van der Waals surface area (Å²) < 4.78 is 0. The maximum atomic E-state index is 11.1. The molecular weight excluding hydrogens is 264 g/mol. The average molecular weight is 290 g/mol. The number of anilines is 1. The summed E-state index contributed by atoms with van der Waals surface area (Å²) in [5, 5.41) is 0. The van der Waals surface area contributed by atoms with Crippen molar-refractivity contribution in [1.29, 1.82) is 0 Å². The fourth-order valence-electron chi connectivity index (χ4n) is 3.13. The Balaban J connectivity index is 1.98. The number of amides is 1. The molecule has 1 saturated heterocycles. The molecule has 5 nitrogen and oxygen atoms in total. The number of hydrogen-bond acceptors (Lipinski definition) is 4. The molecule has 0 aliphatic carbocycles. The van der Waals surface area contributed by atoms with Crippen molar-refractivity contribution in [3.63, 3.8) is 0 Å². The van der Waals surface area contributed by atoms with Gasteiger partial charge in [0.2, 0.25) is 5.91 Å². The van der Waals surface area contributed by atoms with Crippen LogP contribution in [-0.4, -0.2) is 47.9 Å². The SMILES string of the molecule is CCN(CC)C1CCN(Cc2ccc(C(N)=O)cc2N)C1. The zero-order chi connectivity index (χ0) is 15.4. The van der Waals surface area contributed by atoms with E-state index in [-0.39, 0.29) is 0 Å². The molecule has 116 valence electrons. The van der Waals surface area contributed by atoms with Gasteiger partial charge in [-0.3, -0.25) is 14.6 Å². The van der Waals surface area contributed by atoms with Crippen LogP contribution in [0, 0.1) is 0 Å². The van der Waals surface area contributed by atoms with Crippen LogP contribution in [0.4, 0.5) is 5.69 Å². The maximum Gasteiger partial charge on any atom is 0.248 e. The van der Waals surface area contributed by atoms with Crippen LogP contribution in [0.1, 0.15) is 36.2 Å². The number of carbonyl (C=O) groups excluding carboxylic acids is 1. The standard InChI is InChI=1S/C16H26N4O/c1-3-20(4-2)14-7-8-19(11-14)10-13-6-5-12(16(18)21)9-15(13)17/h5-6,9,14H,3-4,7-8,10-11,17H2,1-2H3,(H2,18,21). The Kier molecular flexibility index (Phi) is 5.20. The molecule has 0 saturated carbocycles. The van der Waals surface area contributed by atoms with Crippen molar-refractivity contribution in [2.45, 2.75) is 32.9 Å². The Hall–Kier alpha value is -1.59. The van der Waals surface area contributed by atoms with Gasteiger partial charge in [-0.15, -0.1) is 0 Å². The lowest BCUT2D eigenvalue weighted by atomic mass is 10.1. The molecular formula is C16H26N4O. The minimum atomic E-state index is -0.434. The summed E-state index contributed by atoms with van der Waals surface area (Å²) in [5.74, 6) is -0.434. The second-order valence-electron chi connectivity index (χ2n) is 5.68. The Morgan fingerprint density at radius 2 is 2.10 bits per heavy atom. The second kappa shape index (κ2) is 6.91. The number of primary amides is 1. The van der Waals surface area contributed by atoms with Crippen LogP contribution in [0.5, 0.6) is 0 Å². The predicted octanol–water partition coefficient (Wildman–Crippen LogP) is 1.28. The summed E-state index contributed by atoms with van der Waals surface area (Å²) in [7, 11) is 0. The monoisotopic (exact) mass is 290 g/mol. The Labute approximate surface area is 126 Å². The lowest BCUT2D eigenvalue weighted by Crippen LogP contribution is -2.37. The van der Waals surface area contributed by atoms with Gasteiger partial charge < -0.3 is 11.5 Å². The van der Waals surface area contributed by atoms with E-state index in [9.17, 15) is 4.79 Å². The molecule has 1 unspecified atom stereocenters. The maximum absolute atomic E-state index is 11.1. The first kappa shape index (κ1) is 15.8. The van der Waals surface area contributed by atoms with E-state index >= 15 is 0 Å². The number of nitrogen functional groups attached to an aromatic ring is 1. The topological polar surface area (TPSA) is 75.6 Å². The Morgan fingerprint density at radius 3 is 2.67 bits per heavy atom.